The lowest BCUT2D eigenvalue weighted by atomic mass is 10.0. The second kappa shape index (κ2) is 3.61. The van der Waals surface area contributed by atoms with Crippen molar-refractivity contribution in [1.82, 2.24) is 9.55 Å². The first-order chi connectivity index (χ1) is 9.75. The molecule has 1 heterocycles. The van der Waals surface area contributed by atoms with E-state index in [0.29, 0.717) is 10.8 Å². The average Bonchev–Trinajstić information content (AvgIpc) is 2.87. The van der Waals surface area contributed by atoms with E-state index in [9.17, 15) is 4.79 Å². The van der Waals surface area contributed by atoms with Gasteiger partial charge in [-0.3, -0.25) is 9.36 Å². The molecule has 3 fully saturated rings. The Morgan fingerprint density at radius 3 is 2.60 bits per heavy atom. The van der Waals surface area contributed by atoms with Crippen LogP contribution in [0.2, 0.25) is 0 Å². The Bertz CT molecular complexity index is 820. The van der Waals surface area contributed by atoms with E-state index in [2.05, 4.69) is 4.98 Å². The van der Waals surface area contributed by atoms with Crippen molar-refractivity contribution >= 4 is 23.1 Å². The van der Waals surface area contributed by atoms with Crippen molar-refractivity contribution in [3.63, 3.8) is 0 Å². The zero-order chi connectivity index (χ0) is 13.4. The van der Waals surface area contributed by atoms with Gasteiger partial charge in [-0.25, -0.2) is 0 Å². The SMILES string of the molecule is O=c1c2ccccc2[nH]c(=S)n1C1C2C3CCC(C3)C21. The van der Waals surface area contributed by atoms with Crippen molar-refractivity contribution in [1.29, 1.82) is 0 Å². The number of benzene rings is 1. The maximum Gasteiger partial charge on any atom is 0.262 e. The summed E-state index contributed by atoms with van der Waals surface area (Å²) in [6.45, 7) is 0. The second-order valence-corrected chi connectivity index (χ2v) is 7.02. The number of hydrogen-bond donors (Lipinski definition) is 1. The van der Waals surface area contributed by atoms with Gasteiger partial charge >= 0.3 is 0 Å². The van der Waals surface area contributed by atoms with Crippen LogP contribution in [0.3, 0.4) is 0 Å². The van der Waals surface area contributed by atoms with E-state index in [-0.39, 0.29) is 5.56 Å². The standard InChI is InChI=1S/C16H16N2OS/c19-15-10-3-1-2-4-11(10)17-16(20)18(15)14-12-8-5-6-9(7-8)13(12)14/h1-4,8-9,12-14H,5-7H2,(H,17,20). The fraction of sp³-hybridized carbons (Fsp3) is 0.500. The molecule has 0 amide bonds. The van der Waals surface area contributed by atoms with Crippen LogP contribution in [-0.4, -0.2) is 9.55 Å². The van der Waals surface area contributed by atoms with Gasteiger partial charge in [-0.1, -0.05) is 12.1 Å². The van der Waals surface area contributed by atoms with E-state index in [0.717, 1.165) is 34.6 Å². The Hall–Kier alpha value is -1.42. The van der Waals surface area contributed by atoms with Crippen LogP contribution in [0.5, 0.6) is 0 Å². The maximum absolute atomic E-state index is 12.8. The molecule has 3 saturated carbocycles. The van der Waals surface area contributed by atoms with Gasteiger partial charge in [0.05, 0.1) is 10.9 Å². The van der Waals surface area contributed by atoms with Crippen molar-refractivity contribution in [2.75, 3.05) is 0 Å². The highest BCUT2D eigenvalue weighted by atomic mass is 32.1. The van der Waals surface area contributed by atoms with Gasteiger partial charge in [-0.05, 0) is 67.3 Å². The minimum Gasteiger partial charge on any atom is -0.332 e. The van der Waals surface area contributed by atoms with Gasteiger partial charge in [-0.15, -0.1) is 0 Å². The molecule has 1 N–H and O–H groups in total. The van der Waals surface area contributed by atoms with Gasteiger partial charge < -0.3 is 4.98 Å². The smallest absolute Gasteiger partial charge is 0.262 e. The normalized spacial score (nSPS) is 37.3. The van der Waals surface area contributed by atoms with Crippen LogP contribution in [0.4, 0.5) is 0 Å². The quantitative estimate of drug-likeness (QED) is 0.816. The van der Waals surface area contributed by atoms with E-state index in [1.54, 1.807) is 0 Å². The summed E-state index contributed by atoms with van der Waals surface area (Å²) in [6, 6.07) is 8.05. The number of hydrogen-bond acceptors (Lipinski definition) is 2. The van der Waals surface area contributed by atoms with Crippen LogP contribution < -0.4 is 5.56 Å². The molecule has 4 unspecified atom stereocenters. The summed E-state index contributed by atoms with van der Waals surface area (Å²) >= 11 is 5.47. The molecule has 0 spiro atoms. The van der Waals surface area contributed by atoms with E-state index < -0.39 is 0 Å². The van der Waals surface area contributed by atoms with Crippen LogP contribution in [0.25, 0.3) is 10.9 Å². The zero-order valence-corrected chi connectivity index (χ0v) is 11.9. The van der Waals surface area contributed by atoms with E-state index in [4.69, 9.17) is 12.2 Å². The fourth-order valence-electron chi connectivity index (χ4n) is 5.07. The summed E-state index contributed by atoms with van der Waals surface area (Å²) < 4.78 is 2.49. The van der Waals surface area contributed by atoms with E-state index in [1.807, 2.05) is 28.8 Å². The Morgan fingerprint density at radius 1 is 1.15 bits per heavy atom. The van der Waals surface area contributed by atoms with Crippen LogP contribution >= 0.6 is 12.2 Å². The third-order valence-electron chi connectivity index (χ3n) is 5.83. The molecule has 0 saturated heterocycles. The number of para-hydroxylation sites is 1. The molecule has 0 radical (unpaired) electrons. The molecule has 1 aromatic heterocycles. The van der Waals surface area contributed by atoms with Crippen molar-refractivity contribution in [2.45, 2.75) is 25.3 Å². The summed E-state index contributed by atoms with van der Waals surface area (Å²) in [6.07, 6.45) is 4.12. The monoisotopic (exact) mass is 284 g/mol. The van der Waals surface area contributed by atoms with Gasteiger partial charge in [-0.2, -0.15) is 0 Å². The molecule has 102 valence electrons. The minimum absolute atomic E-state index is 0.100. The summed E-state index contributed by atoms with van der Waals surface area (Å²) in [5, 5.41) is 0.762. The number of rotatable bonds is 1. The largest absolute Gasteiger partial charge is 0.332 e. The van der Waals surface area contributed by atoms with E-state index >= 15 is 0 Å². The van der Waals surface area contributed by atoms with Crippen molar-refractivity contribution < 1.29 is 0 Å². The zero-order valence-electron chi connectivity index (χ0n) is 11.1. The Balaban J connectivity index is 1.71. The van der Waals surface area contributed by atoms with Crippen molar-refractivity contribution in [2.24, 2.45) is 23.7 Å². The highest BCUT2D eigenvalue weighted by Gasteiger charge is 2.66. The number of nitrogens with zero attached hydrogens (tertiary/aromatic N) is 1. The third-order valence-corrected chi connectivity index (χ3v) is 6.13. The third kappa shape index (κ3) is 1.26. The number of fused-ring (bicyclic) bond motifs is 6. The van der Waals surface area contributed by atoms with Crippen molar-refractivity contribution in [3.8, 4) is 0 Å². The fourth-order valence-corrected chi connectivity index (χ4v) is 5.39. The van der Waals surface area contributed by atoms with Gasteiger partial charge in [0.1, 0.15) is 0 Å². The number of nitrogens with one attached hydrogen (secondary N) is 1. The molecule has 20 heavy (non-hydrogen) atoms. The summed E-state index contributed by atoms with van der Waals surface area (Å²) in [7, 11) is 0. The summed E-state index contributed by atoms with van der Waals surface area (Å²) in [5.74, 6) is 3.15. The van der Waals surface area contributed by atoms with Crippen LogP contribution in [0.1, 0.15) is 25.3 Å². The lowest BCUT2D eigenvalue weighted by Crippen LogP contribution is -2.23. The number of H-pyrrole nitrogens is 1. The molecule has 4 heteroatoms. The molecular formula is C16H16N2OS. The van der Waals surface area contributed by atoms with Gasteiger partial charge in [0, 0.05) is 6.04 Å². The van der Waals surface area contributed by atoms with Gasteiger partial charge in [0.15, 0.2) is 4.77 Å². The van der Waals surface area contributed by atoms with Crippen LogP contribution in [-0.2, 0) is 0 Å². The van der Waals surface area contributed by atoms with E-state index in [1.165, 1.54) is 19.3 Å². The summed E-state index contributed by atoms with van der Waals surface area (Å²) in [5.41, 5.74) is 0.954. The predicted octanol–water partition coefficient (Wildman–Crippen LogP) is 3.28. The molecule has 4 atom stereocenters. The molecule has 3 aliphatic rings. The first-order valence-electron chi connectivity index (χ1n) is 7.49. The number of aromatic amines is 1. The molecule has 3 nitrogen and oxygen atoms in total. The molecule has 5 rings (SSSR count). The molecular weight excluding hydrogens is 268 g/mol. The average molecular weight is 284 g/mol. The second-order valence-electron chi connectivity index (χ2n) is 6.63. The van der Waals surface area contributed by atoms with Crippen LogP contribution in [0, 0.1) is 28.4 Å². The van der Waals surface area contributed by atoms with Crippen molar-refractivity contribution in [3.05, 3.63) is 39.4 Å². The Labute approximate surface area is 121 Å². The Kier molecular flexibility index (Phi) is 2.03. The highest BCUT2D eigenvalue weighted by molar-refractivity contribution is 7.71. The lowest BCUT2D eigenvalue weighted by molar-refractivity contribution is 0.443. The van der Waals surface area contributed by atoms with Gasteiger partial charge in [0.25, 0.3) is 5.56 Å². The lowest BCUT2D eigenvalue weighted by Gasteiger charge is -2.12. The topological polar surface area (TPSA) is 37.8 Å². The minimum atomic E-state index is 0.100. The summed E-state index contributed by atoms with van der Waals surface area (Å²) in [4.78, 5) is 16.0. The molecule has 3 aliphatic carbocycles. The number of aromatic nitrogens is 2. The Morgan fingerprint density at radius 2 is 1.85 bits per heavy atom. The van der Waals surface area contributed by atoms with Crippen LogP contribution in [0.15, 0.2) is 29.1 Å². The molecule has 2 bridgehead atoms. The molecule has 0 aliphatic heterocycles. The van der Waals surface area contributed by atoms with Gasteiger partial charge in [0.2, 0.25) is 0 Å². The maximum atomic E-state index is 12.8. The molecule has 2 aromatic rings. The highest BCUT2D eigenvalue weighted by Crippen LogP contribution is 2.71. The first kappa shape index (κ1) is 11.3. The first-order valence-corrected chi connectivity index (χ1v) is 7.90. The molecule has 1 aromatic carbocycles. The predicted molar refractivity (Wildman–Crippen MR) is 80.2 cm³/mol.